The predicted octanol–water partition coefficient (Wildman–Crippen LogP) is 1.87. The van der Waals surface area contributed by atoms with E-state index in [1.54, 1.807) is 16.8 Å². The second-order valence-corrected chi connectivity index (χ2v) is 6.72. The van der Waals surface area contributed by atoms with E-state index in [2.05, 4.69) is 15.1 Å². The summed E-state index contributed by atoms with van der Waals surface area (Å²) in [5.74, 6) is 0. The molecular formula is C13H17ClN4O2S. The molecule has 1 aromatic carbocycles. The van der Waals surface area contributed by atoms with Crippen molar-refractivity contribution in [2.24, 2.45) is 0 Å². The van der Waals surface area contributed by atoms with Gasteiger partial charge in [0.1, 0.15) is 4.90 Å². The van der Waals surface area contributed by atoms with Crippen molar-refractivity contribution >= 4 is 27.3 Å². The lowest BCUT2D eigenvalue weighted by Gasteiger charge is -2.08. The molecule has 1 heterocycles. The number of benzene rings is 1. The standard InChI is InChI=1S/C13H17ClN4O2S/c1-10-3-4-12(14)13(7-10)17-21(19,20)11-8-16-18(9-11)6-5-15-2/h3-4,7-9,15,17H,5-6H2,1-2H3. The Kier molecular flexibility index (Phi) is 4.87. The van der Waals surface area contributed by atoms with Crippen molar-refractivity contribution in [2.45, 2.75) is 18.4 Å². The van der Waals surface area contributed by atoms with Crippen molar-refractivity contribution in [2.75, 3.05) is 18.3 Å². The molecule has 0 atom stereocenters. The van der Waals surface area contributed by atoms with Gasteiger partial charge in [-0.1, -0.05) is 17.7 Å². The molecule has 0 aliphatic rings. The van der Waals surface area contributed by atoms with Crippen molar-refractivity contribution in [3.8, 4) is 0 Å². The smallest absolute Gasteiger partial charge is 0.265 e. The molecule has 0 saturated heterocycles. The molecule has 0 spiro atoms. The molecule has 0 aliphatic carbocycles. The Morgan fingerprint density at radius 3 is 2.86 bits per heavy atom. The number of likely N-dealkylation sites (N-methyl/N-ethyl adjacent to an activating group) is 1. The number of rotatable bonds is 6. The fraction of sp³-hybridized carbons (Fsp3) is 0.308. The van der Waals surface area contributed by atoms with Crippen LogP contribution in [0, 0.1) is 6.92 Å². The highest BCUT2D eigenvalue weighted by Crippen LogP contribution is 2.25. The van der Waals surface area contributed by atoms with Gasteiger partial charge < -0.3 is 5.32 Å². The number of aromatic nitrogens is 2. The van der Waals surface area contributed by atoms with Crippen LogP contribution in [0.1, 0.15) is 5.56 Å². The topological polar surface area (TPSA) is 76.0 Å². The zero-order valence-electron chi connectivity index (χ0n) is 11.8. The Balaban J connectivity index is 2.22. The normalized spacial score (nSPS) is 11.6. The Morgan fingerprint density at radius 1 is 1.38 bits per heavy atom. The maximum Gasteiger partial charge on any atom is 0.265 e. The van der Waals surface area contributed by atoms with E-state index >= 15 is 0 Å². The molecule has 0 amide bonds. The van der Waals surface area contributed by atoms with E-state index < -0.39 is 10.0 Å². The third-order valence-electron chi connectivity index (χ3n) is 2.88. The molecule has 2 N–H and O–H groups in total. The fourth-order valence-electron chi connectivity index (χ4n) is 1.75. The summed E-state index contributed by atoms with van der Waals surface area (Å²) in [6.07, 6.45) is 2.81. The monoisotopic (exact) mass is 328 g/mol. The van der Waals surface area contributed by atoms with E-state index in [9.17, 15) is 8.42 Å². The van der Waals surface area contributed by atoms with Crippen molar-refractivity contribution in [1.82, 2.24) is 15.1 Å². The lowest BCUT2D eigenvalue weighted by atomic mass is 10.2. The Labute approximate surface area is 129 Å². The van der Waals surface area contributed by atoms with Gasteiger partial charge in [-0.3, -0.25) is 9.40 Å². The van der Waals surface area contributed by atoms with Gasteiger partial charge in [0, 0.05) is 12.7 Å². The first-order chi connectivity index (χ1) is 9.92. The molecule has 1 aromatic heterocycles. The average Bonchev–Trinajstić information content (AvgIpc) is 2.90. The minimum Gasteiger partial charge on any atom is -0.318 e. The fourth-order valence-corrected chi connectivity index (χ4v) is 3.00. The van der Waals surface area contributed by atoms with Crippen LogP contribution in [0.4, 0.5) is 5.69 Å². The van der Waals surface area contributed by atoms with E-state index in [4.69, 9.17) is 11.6 Å². The van der Waals surface area contributed by atoms with Gasteiger partial charge in [-0.15, -0.1) is 0 Å². The van der Waals surface area contributed by atoms with Gasteiger partial charge in [-0.2, -0.15) is 5.10 Å². The van der Waals surface area contributed by atoms with E-state index in [-0.39, 0.29) is 4.90 Å². The minimum atomic E-state index is -3.69. The summed E-state index contributed by atoms with van der Waals surface area (Å²) in [5.41, 5.74) is 1.28. The first-order valence-corrected chi connectivity index (χ1v) is 8.24. The van der Waals surface area contributed by atoms with E-state index in [1.807, 2.05) is 20.0 Å². The number of sulfonamides is 1. The lowest BCUT2D eigenvalue weighted by Crippen LogP contribution is -2.15. The number of halogens is 1. The molecule has 21 heavy (non-hydrogen) atoms. The van der Waals surface area contributed by atoms with Crippen LogP contribution in [0.2, 0.25) is 5.02 Å². The van der Waals surface area contributed by atoms with Gasteiger partial charge in [0.25, 0.3) is 10.0 Å². The van der Waals surface area contributed by atoms with Gasteiger partial charge in [0.2, 0.25) is 0 Å². The first-order valence-electron chi connectivity index (χ1n) is 6.38. The average molecular weight is 329 g/mol. The first kappa shape index (κ1) is 15.8. The van der Waals surface area contributed by atoms with Crippen LogP contribution in [-0.2, 0) is 16.6 Å². The van der Waals surface area contributed by atoms with Crippen molar-refractivity contribution in [1.29, 1.82) is 0 Å². The highest BCUT2D eigenvalue weighted by Gasteiger charge is 2.18. The van der Waals surface area contributed by atoms with Gasteiger partial charge in [-0.05, 0) is 31.7 Å². The predicted molar refractivity (Wildman–Crippen MR) is 83.2 cm³/mol. The summed E-state index contributed by atoms with van der Waals surface area (Å²) in [6, 6.07) is 5.16. The van der Waals surface area contributed by atoms with Gasteiger partial charge in [-0.25, -0.2) is 8.42 Å². The molecule has 2 aromatic rings. The Bertz CT molecular complexity index is 728. The summed E-state index contributed by atoms with van der Waals surface area (Å²) in [5, 5.41) is 7.35. The van der Waals surface area contributed by atoms with Crippen LogP contribution in [0.25, 0.3) is 0 Å². The van der Waals surface area contributed by atoms with Crippen LogP contribution in [-0.4, -0.2) is 31.8 Å². The Hall–Kier alpha value is -1.57. The number of nitrogens with one attached hydrogen (secondary N) is 2. The van der Waals surface area contributed by atoms with Gasteiger partial charge in [0.05, 0.1) is 23.5 Å². The van der Waals surface area contributed by atoms with Crippen LogP contribution in [0.5, 0.6) is 0 Å². The van der Waals surface area contributed by atoms with Crippen molar-refractivity contribution in [3.05, 3.63) is 41.2 Å². The lowest BCUT2D eigenvalue weighted by molar-refractivity contribution is 0.582. The summed E-state index contributed by atoms with van der Waals surface area (Å²) in [4.78, 5) is 0.108. The zero-order valence-corrected chi connectivity index (χ0v) is 13.4. The highest BCUT2D eigenvalue weighted by atomic mass is 35.5. The summed E-state index contributed by atoms with van der Waals surface area (Å²) in [6.45, 7) is 3.17. The molecule has 0 bridgehead atoms. The molecule has 0 saturated carbocycles. The van der Waals surface area contributed by atoms with Crippen molar-refractivity contribution in [3.63, 3.8) is 0 Å². The third kappa shape index (κ3) is 3.96. The quantitative estimate of drug-likeness (QED) is 0.848. The van der Waals surface area contributed by atoms with Crippen LogP contribution in [0.15, 0.2) is 35.5 Å². The highest BCUT2D eigenvalue weighted by molar-refractivity contribution is 7.92. The molecule has 0 unspecified atom stereocenters. The van der Waals surface area contributed by atoms with Crippen molar-refractivity contribution < 1.29 is 8.42 Å². The van der Waals surface area contributed by atoms with Crippen LogP contribution in [0.3, 0.4) is 0 Å². The molecular weight excluding hydrogens is 312 g/mol. The zero-order chi connectivity index (χ0) is 15.5. The molecule has 114 valence electrons. The van der Waals surface area contributed by atoms with Gasteiger partial charge in [0.15, 0.2) is 0 Å². The molecule has 8 heteroatoms. The number of hydrogen-bond donors (Lipinski definition) is 2. The number of nitrogens with zero attached hydrogens (tertiary/aromatic N) is 2. The SMILES string of the molecule is CNCCn1cc(S(=O)(=O)Nc2cc(C)ccc2Cl)cn1. The molecule has 0 fully saturated rings. The van der Waals surface area contributed by atoms with E-state index in [0.29, 0.717) is 23.8 Å². The minimum absolute atomic E-state index is 0.108. The Morgan fingerprint density at radius 2 is 2.14 bits per heavy atom. The molecule has 2 rings (SSSR count). The summed E-state index contributed by atoms with van der Waals surface area (Å²) in [7, 11) is -1.87. The number of anilines is 1. The maximum absolute atomic E-state index is 12.3. The van der Waals surface area contributed by atoms with E-state index in [0.717, 1.165) is 5.56 Å². The molecule has 6 nitrogen and oxygen atoms in total. The number of hydrogen-bond acceptors (Lipinski definition) is 4. The van der Waals surface area contributed by atoms with Gasteiger partial charge >= 0.3 is 0 Å². The van der Waals surface area contributed by atoms with Crippen LogP contribution >= 0.6 is 11.6 Å². The third-order valence-corrected chi connectivity index (χ3v) is 4.53. The second kappa shape index (κ2) is 6.46. The number of aryl methyl sites for hydroxylation is 1. The second-order valence-electron chi connectivity index (χ2n) is 4.63. The molecule has 0 aliphatic heterocycles. The maximum atomic E-state index is 12.3. The van der Waals surface area contributed by atoms with Crippen LogP contribution < -0.4 is 10.0 Å². The molecule has 0 radical (unpaired) electrons. The largest absolute Gasteiger partial charge is 0.318 e. The summed E-state index contributed by atoms with van der Waals surface area (Å²) < 4.78 is 28.7. The summed E-state index contributed by atoms with van der Waals surface area (Å²) >= 11 is 6.01. The van der Waals surface area contributed by atoms with E-state index in [1.165, 1.54) is 12.4 Å².